The monoisotopic (exact) mass is 374 g/mol. The van der Waals surface area contributed by atoms with E-state index in [1.807, 2.05) is 35.2 Å². The van der Waals surface area contributed by atoms with E-state index in [1.54, 1.807) is 0 Å². The summed E-state index contributed by atoms with van der Waals surface area (Å²) in [7, 11) is 0. The maximum atomic E-state index is 11.6. The molecule has 1 heterocycles. The molecule has 122 valence electrons. The van der Waals surface area contributed by atoms with Gasteiger partial charge in [0.05, 0.1) is 6.42 Å². The Kier molecular flexibility index (Phi) is 9.77. The van der Waals surface area contributed by atoms with Gasteiger partial charge >= 0.3 is 11.9 Å². The van der Waals surface area contributed by atoms with Gasteiger partial charge < -0.3 is 32.5 Å². The van der Waals surface area contributed by atoms with Crippen LogP contribution in [0.4, 0.5) is 0 Å². The highest BCUT2D eigenvalue weighted by molar-refractivity contribution is 5.86. The summed E-state index contributed by atoms with van der Waals surface area (Å²) >= 11 is 0. The number of halogens is 1. The van der Waals surface area contributed by atoms with Gasteiger partial charge in [0.15, 0.2) is 12.4 Å². The summed E-state index contributed by atoms with van der Waals surface area (Å²) in [5.74, 6) is -3.05. The van der Waals surface area contributed by atoms with E-state index in [0.29, 0.717) is 6.42 Å². The summed E-state index contributed by atoms with van der Waals surface area (Å²) in [4.78, 5) is 32.9. The number of carboxylic acid groups (broad SMARTS) is 2. The zero-order chi connectivity index (χ0) is 15.7. The fraction of sp³-hybridized carbons (Fsp3) is 0.429. The molecule has 0 spiro atoms. The van der Waals surface area contributed by atoms with Crippen LogP contribution in [0.3, 0.4) is 0 Å². The van der Waals surface area contributed by atoms with Crippen molar-refractivity contribution >= 4 is 17.8 Å². The molecule has 8 heteroatoms. The number of aromatic nitrogens is 1. The molecular formula is C14H19BrN2O5. The van der Waals surface area contributed by atoms with Crippen LogP contribution < -0.4 is 26.9 Å². The van der Waals surface area contributed by atoms with Crippen LogP contribution in [0, 0.1) is 0 Å². The van der Waals surface area contributed by atoms with E-state index in [-0.39, 0.29) is 23.4 Å². The number of pyridine rings is 1. The number of carboxylic acids is 2. The third-order valence-electron chi connectivity index (χ3n) is 2.86. The Labute approximate surface area is 138 Å². The average molecular weight is 375 g/mol. The Morgan fingerprint density at radius 3 is 2.23 bits per heavy atom. The van der Waals surface area contributed by atoms with Crippen LogP contribution in [0.25, 0.3) is 0 Å². The lowest BCUT2D eigenvalue weighted by Crippen LogP contribution is -3.00. The van der Waals surface area contributed by atoms with Gasteiger partial charge in [-0.2, -0.15) is 0 Å². The molecular weight excluding hydrogens is 356 g/mol. The van der Waals surface area contributed by atoms with Crippen molar-refractivity contribution in [1.82, 2.24) is 5.32 Å². The zero-order valence-electron chi connectivity index (χ0n) is 11.9. The van der Waals surface area contributed by atoms with E-state index in [4.69, 9.17) is 10.2 Å². The highest BCUT2D eigenvalue weighted by Gasteiger charge is 2.22. The largest absolute Gasteiger partial charge is 1.00 e. The fourth-order valence-corrected chi connectivity index (χ4v) is 1.80. The lowest BCUT2D eigenvalue weighted by Gasteiger charge is -2.11. The molecule has 1 aromatic rings. The summed E-state index contributed by atoms with van der Waals surface area (Å²) in [6.45, 7) is 0.769. The summed E-state index contributed by atoms with van der Waals surface area (Å²) in [6.07, 6.45) is 4.78. The number of hydrogen-bond donors (Lipinski definition) is 3. The molecule has 0 aliphatic rings. The molecule has 3 N–H and O–H groups in total. The molecule has 1 amide bonds. The van der Waals surface area contributed by atoms with Gasteiger partial charge in [0.25, 0.3) is 0 Å². The first-order chi connectivity index (χ1) is 9.99. The Hall–Kier alpha value is -1.96. The number of aliphatic carboxylic acids is 2. The number of nitrogens with zero attached hydrogens (tertiary/aromatic N) is 1. The summed E-state index contributed by atoms with van der Waals surface area (Å²) in [6, 6.07) is 4.36. The van der Waals surface area contributed by atoms with Gasteiger partial charge in [0.2, 0.25) is 5.91 Å². The van der Waals surface area contributed by atoms with Crippen LogP contribution >= 0.6 is 0 Å². The molecule has 0 saturated heterocycles. The van der Waals surface area contributed by atoms with Crippen LogP contribution in [-0.4, -0.2) is 34.1 Å². The predicted molar refractivity (Wildman–Crippen MR) is 72.3 cm³/mol. The second-order valence-corrected chi connectivity index (χ2v) is 4.63. The summed E-state index contributed by atoms with van der Waals surface area (Å²) in [5.41, 5.74) is 0. The first-order valence-corrected chi connectivity index (χ1v) is 6.67. The molecule has 22 heavy (non-hydrogen) atoms. The van der Waals surface area contributed by atoms with E-state index < -0.39 is 30.3 Å². The number of aryl methyl sites for hydroxylation is 1. The van der Waals surface area contributed by atoms with Gasteiger partial charge in [-0.3, -0.25) is 9.59 Å². The number of amides is 1. The number of unbranched alkanes of at least 4 members (excludes halogenated alkanes) is 1. The van der Waals surface area contributed by atoms with Crippen molar-refractivity contribution in [3.8, 4) is 0 Å². The van der Waals surface area contributed by atoms with E-state index in [9.17, 15) is 14.4 Å². The van der Waals surface area contributed by atoms with Crippen LogP contribution in [-0.2, 0) is 20.9 Å². The van der Waals surface area contributed by atoms with E-state index in [1.165, 1.54) is 0 Å². The molecule has 0 saturated carbocycles. The summed E-state index contributed by atoms with van der Waals surface area (Å²) < 4.78 is 1.99. The van der Waals surface area contributed by atoms with Gasteiger partial charge in [-0.15, -0.1) is 0 Å². The number of carbonyl (C=O) groups is 3. The van der Waals surface area contributed by atoms with Crippen LogP contribution in [0.5, 0.6) is 0 Å². The van der Waals surface area contributed by atoms with Crippen molar-refractivity contribution in [2.24, 2.45) is 0 Å². The maximum Gasteiger partial charge on any atom is 0.326 e. The minimum Gasteiger partial charge on any atom is -1.00 e. The lowest BCUT2D eigenvalue weighted by molar-refractivity contribution is -0.697. The smallest absolute Gasteiger partial charge is 0.326 e. The summed E-state index contributed by atoms with van der Waals surface area (Å²) in [5, 5.41) is 19.6. The molecule has 0 bridgehead atoms. The second-order valence-electron chi connectivity index (χ2n) is 4.63. The van der Waals surface area contributed by atoms with Crippen molar-refractivity contribution in [2.75, 3.05) is 0 Å². The Morgan fingerprint density at radius 1 is 1.05 bits per heavy atom. The standard InChI is InChI=1S/C14H18N2O5.BrH/c17-12(15-11(14(20)21)10-13(18)19)6-2-5-9-16-7-3-1-4-8-16;/h1,3-4,7-8,11H,2,5-6,9-10H2,(H2-,15,17,18,19,20,21);1H. The molecule has 0 aromatic carbocycles. The zero-order valence-corrected chi connectivity index (χ0v) is 13.5. The van der Waals surface area contributed by atoms with Gasteiger partial charge in [-0.1, -0.05) is 6.07 Å². The molecule has 0 aliphatic heterocycles. The molecule has 0 aliphatic carbocycles. The normalized spacial score (nSPS) is 11.1. The van der Waals surface area contributed by atoms with E-state index in [2.05, 4.69) is 5.32 Å². The van der Waals surface area contributed by atoms with Crippen molar-refractivity contribution < 1.29 is 46.1 Å². The number of nitrogens with one attached hydrogen (secondary N) is 1. The molecule has 0 radical (unpaired) electrons. The molecule has 1 rings (SSSR count). The quantitative estimate of drug-likeness (QED) is 0.319. The second kappa shape index (κ2) is 10.7. The van der Waals surface area contributed by atoms with Crippen LogP contribution in [0.2, 0.25) is 0 Å². The highest BCUT2D eigenvalue weighted by Crippen LogP contribution is 1.99. The van der Waals surface area contributed by atoms with Crippen molar-refractivity contribution in [2.45, 2.75) is 38.3 Å². The first kappa shape index (κ1) is 20.0. The average Bonchev–Trinajstić information content (AvgIpc) is 2.43. The van der Waals surface area contributed by atoms with Gasteiger partial charge in [0, 0.05) is 25.0 Å². The van der Waals surface area contributed by atoms with Crippen molar-refractivity contribution in [1.29, 1.82) is 0 Å². The molecule has 7 nitrogen and oxygen atoms in total. The molecule has 1 aromatic heterocycles. The number of rotatable bonds is 9. The highest BCUT2D eigenvalue weighted by atomic mass is 79.9. The van der Waals surface area contributed by atoms with Gasteiger partial charge in [-0.25, -0.2) is 9.36 Å². The number of hydrogen-bond acceptors (Lipinski definition) is 3. The van der Waals surface area contributed by atoms with Gasteiger partial charge in [0.1, 0.15) is 12.6 Å². The Bertz CT molecular complexity index is 495. The topological polar surface area (TPSA) is 108 Å². The van der Waals surface area contributed by atoms with Gasteiger partial charge in [-0.05, 0) is 6.42 Å². The molecule has 1 atom stereocenters. The minimum absolute atomic E-state index is 0. The minimum atomic E-state index is -1.38. The van der Waals surface area contributed by atoms with Crippen LogP contribution in [0.1, 0.15) is 25.7 Å². The maximum absolute atomic E-state index is 11.6. The molecule has 0 fully saturated rings. The number of carbonyl (C=O) groups excluding carboxylic acids is 1. The SMILES string of the molecule is O=C(O)CC(NC(=O)CCCC[n+]1ccccc1)C(=O)O.[Br-]. The molecule has 1 unspecified atom stereocenters. The Balaban J connectivity index is 0.00000441. The fourth-order valence-electron chi connectivity index (χ4n) is 1.80. The lowest BCUT2D eigenvalue weighted by atomic mass is 10.2. The van der Waals surface area contributed by atoms with E-state index >= 15 is 0 Å². The van der Waals surface area contributed by atoms with E-state index in [0.717, 1.165) is 13.0 Å². The van der Waals surface area contributed by atoms with Crippen molar-refractivity contribution in [3.05, 3.63) is 30.6 Å². The Morgan fingerprint density at radius 2 is 1.68 bits per heavy atom. The third-order valence-corrected chi connectivity index (χ3v) is 2.86. The third kappa shape index (κ3) is 8.35. The predicted octanol–water partition coefficient (Wildman–Crippen LogP) is -2.81. The van der Waals surface area contributed by atoms with Crippen LogP contribution in [0.15, 0.2) is 30.6 Å². The van der Waals surface area contributed by atoms with Crippen molar-refractivity contribution in [3.63, 3.8) is 0 Å². The first-order valence-electron chi connectivity index (χ1n) is 6.67.